The van der Waals surface area contributed by atoms with Crippen LogP contribution in [0.2, 0.25) is 0 Å². The number of benzene rings is 5. The summed E-state index contributed by atoms with van der Waals surface area (Å²) in [7, 11) is 0. The molecule has 42 heavy (non-hydrogen) atoms. The van der Waals surface area contributed by atoms with Gasteiger partial charge in [0.1, 0.15) is 0 Å². The van der Waals surface area contributed by atoms with Crippen LogP contribution in [0.25, 0.3) is 0 Å². The van der Waals surface area contributed by atoms with Crippen molar-refractivity contribution in [1.29, 1.82) is 0 Å². The van der Waals surface area contributed by atoms with E-state index in [9.17, 15) is 0 Å². The zero-order chi connectivity index (χ0) is 29.3. The smallest absolute Gasteiger partial charge is 0.0464 e. The lowest BCUT2D eigenvalue weighted by Crippen LogP contribution is -2.12. The molecule has 0 spiro atoms. The Hall–Kier alpha value is -4.30. The summed E-state index contributed by atoms with van der Waals surface area (Å²) in [5.41, 5.74) is 12.3. The first kappa shape index (κ1) is 29.2. The number of hydrogen-bond acceptors (Lipinski definition) is 2. The van der Waals surface area contributed by atoms with E-state index in [0.29, 0.717) is 0 Å². The predicted molar refractivity (Wildman–Crippen MR) is 183 cm³/mol. The van der Waals surface area contributed by atoms with Crippen LogP contribution < -0.4 is 9.80 Å². The zero-order valence-electron chi connectivity index (χ0n) is 25.7. The van der Waals surface area contributed by atoms with E-state index in [1.807, 2.05) is 0 Å². The van der Waals surface area contributed by atoms with Gasteiger partial charge in [0.2, 0.25) is 0 Å². The van der Waals surface area contributed by atoms with Gasteiger partial charge in [-0.3, -0.25) is 0 Å². The van der Waals surface area contributed by atoms with Crippen molar-refractivity contribution in [3.8, 4) is 0 Å². The van der Waals surface area contributed by atoms with E-state index in [4.69, 9.17) is 0 Å². The second-order valence-electron chi connectivity index (χ2n) is 11.4. The van der Waals surface area contributed by atoms with Crippen molar-refractivity contribution < 1.29 is 0 Å². The molecule has 0 amide bonds. The minimum Gasteiger partial charge on any atom is -0.310 e. The van der Waals surface area contributed by atoms with Crippen molar-refractivity contribution in [2.45, 2.75) is 66.2 Å². The average Bonchev–Trinajstić information content (AvgIpc) is 3.02. The van der Waals surface area contributed by atoms with Crippen molar-refractivity contribution in [3.05, 3.63) is 144 Å². The van der Waals surface area contributed by atoms with Gasteiger partial charge >= 0.3 is 0 Å². The highest BCUT2D eigenvalue weighted by molar-refractivity contribution is 5.81. The van der Waals surface area contributed by atoms with Crippen LogP contribution in [0.4, 0.5) is 34.1 Å². The molecule has 214 valence electrons. The summed E-state index contributed by atoms with van der Waals surface area (Å²) >= 11 is 0. The summed E-state index contributed by atoms with van der Waals surface area (Å²) in [5, 5.41) is 0. The topological polar surface area (TPSA) is 6.48 Å². The molecule has 0 heterocycles. The van der Waals surface area contributed by atoms with Gasteiger partial charge in [-0.05, 0) is 123 Å². The normalized spacial score (nSPS) is 11.0. The largest absolute Gasteiger partial charge is 0.310 e. The quantitative estimate of drug-likeness (QED) is 0.152. The van der Waals surface area contributed by atoms with Crippen LogP contribution in [-0.2, 0) is 12.8 Å². The first-order chi connectivity index (χ1) is 20.6. The summed E-state index contributed by atoms with van der Waals surface area (Å²) in [5.74, 6) is 0. The maximum Gasteiger partial charge on any atom is 0.0464 e. The number of aryl methyl sites for hydroxylation is 4. The van der Waals surface area contributed by atoms with E-state index in [1.54, 1.807) is 0 Å². The number of hydrogen-bond donors (Lipinski definition) is 0. The average molecular weight is 553 g/mol. The van der Waals surface area contributed by atoms with Gasteiger partial charge in [-0.1, -0.05) is 86.3 Å². The molecule has 0 saturated heterocycles. The molecule has 5 aromatic rings. The molecule has 0 fully saturated rings. The number of nitrogens with zero attached hydrogens (tertiary/aromatic N) is 2. The number of anilines is 6. The fraction of sp³-hybridized carbons (Fsp3) is 0.250. The standard InChI is InChI=1S/C40H44N2/c1-5-7-11-33-13-9-15-39(29-33)41(35-21-17-31(3)18-22-35)37-25-27-38(28-26-37)42(36-23-19-32(4)20-24-36)40-16-10-14-34(30-40)12-8-6-2/h9-10,13-30H,5-8,11-12H2,1-4H3. The molecule has 0 aliphatic carbocycles. The molecule has 5 aromatic carbocycles. The van der Waals surface area contributed by atoms with Gasteiger partial charge in [-0.2, -0.15) is 0 Å². The van der Waals surface area contributed by atoms with E-state index >= 15 is 0 Å². The van der Waals surface area contributed by atoms with Gasteiger partial charge < -0.3 is 9.80 Å². The third kappa shape index (κ3) is 7.12. The van der Waals surface area contributed by atoms with Crippen molar-refractivity contribution in [2.75, 3.05) is 9.80 Å². The number of unbranched alkanes of at least 4 members (excludes halogenated alkanes) is 2. The van der Waals surface area contributed by atoms with Crippen molar-refractivity contribution in [2.24, 2.45) is 0 Å². The summed E-state index contributed by atoms with van der Waals surface area (Å²) in [4.78, 5) is 4.75. The Morgan fingerprint density at radius 1 is 0.405 bits per heavy atom. The highest BCUT2D eigenvalue weighted by atomic mass is 15.2. The highest BCUT2D eigenvalue weighted by Crippen LogP contribution is 2.39. The summed E-state index contributed by atoms with van der Waals surface area (Å²) in [6.07, 6.45) is 7.02. The van der Waals surface area contributed by atoms with E-state index in [1.165, 1.54) is 70.7 Å². The first-order valence-corrected chi connectivity index (χ1v) is 15.6. The summed E-state index contributed by atoms with van der Waals surface area (Å²) < 4.78 is 0. The molecule has 0 saturated carbocycles. The van der Waals surface area contributed by atoms with E-state index in [0.717, 1.165) is 24.2 Å². The van der Waals surface area contributed by atoms with Crippen LogP contribution in [0.15, 0.2) is 121 Å². The Kier molecular flexibility index (Phi) is 9.77. The van der Waals surface area contributed by atoms with Crippen LogP contribution in [0, 0.1) is 13.8 Å². The second-order valence-corrected chi connectivity index (χ2v) is 11.4. The Bertz CT molecular complexity index is 1430. The Labute approximate surface area is 253 Å². The number of rotatable bonds is 12. The molecule has 0 aromatic heterocycles. The lowest BCUT2D eigenvalue weighted by atomic mass is 10.1. The van der Waals surface area contributed by atoms with Gasteiger partial charge in [0.25, 0.3) is 0 Å². The zero-order valence-corrected chi connectivity index (χ0v) is 25.7. The predicted octanol–water partition coefficient (Wildman–Crippen LogP) is 11.9. The van der Waals surface area contributed by atoms with Crippen molar-refractivity contribution >= 4 is 34.1 Å². The summed E-state index contributed by atoms with van der Waals surface area (Å²) in [6.45, 7) is 8.80. The fourth-order valence-corrected chi connectivity index (χ4v) is 5.50. The molecule has 0 radical (unpaired) electrons. The third-order valence-corrected chi connectivity index (χ3v) is 7.93. The molecule has 0 unspecified atom stereocenters. The van der Waals surface area contributed by atoms with Gasteiger partial charge in [0, 0.05) is 34.1 Å². The van der Waals surface area contributed by atoms with Crippen LogP contribution in [0.3, 0.4) is 0 Å². The fourth-order valence-electron chi connectivity index (χ4n) is 5.50. The third-order valence-electron chi connectivity index (χ3n) is 7.93. The van der Waals surface area contributed by atoms with Gasteiger partial charge in [-0.25, -0.2) is 0 Å². The first-order valence-electron chi connectivity index (χ1n) is 15.6. The Morgan fingerprint density at radius 3 is 1.07 bits per heavy atom. The second kappa shape index (κ2) is 14.0. The lowest BCUT2D eigenvalue weighted by molar-refractivity contribution is 0.795. The van der Waals surface area contributed by atoms with E-state index in [2.05, 4.69) is 159 Å². The molecular weight excluding hydrogens is 508 g/mol. The molecular formula is C40H44N2. The molecule has 0 atom stereocenters. The molecule has 5 rings (SSSR count). The molecule has 0 N–H and O–H groups in total. The van der Waals surface area contributed by atoms with Crippen LogP contribution in [0.5, 0.6) is 0 Å². The van der Waals surface area contributed by atoms with Crippen LogP contribution in [-0.4, -0.2) is 0 Å². The minimum absolute atomic E-state index is 1.11. The van der Waals surface area contributed by atoms with E-state index < -0.39 is 0 Å². The highest BCUT2D eigenvalue weighted by Gasteiger charge is 2.16. The Balaban J connectivity index is 1.55. The van der Waals surface area contributed by atoms with Crippen LogP contribution in [0.1, 0.15) is 61.8 Å². The molecule has 0 aliphatic heterocycles. The lowest BCUT2D eigenvalue weighted by Gasteiger charge is -2.29. The molecule has 2 nitrogen and oxygen atoms in total. The maximum absolute atomic E-state index is 2.38. The molecule has 2 heteroatoms. The van der Waals surface area contributed by atoms with Gasteiger partial charge in [-0.15, -0.1) is 0 Å². The molecule has 0 bridgehead atoms. The maximum atomic E-state index is 2.38. The van der Waals surface area contributed by atoms with Gasteiger partial charge in [0.15, 0.2) is 0 Å². The Morgan fingerprint density at radius 2 is 0.738 bits per heavy atom. The monoisotopic (exact) mass is 552 g/mol. The van der Waals surface area contributed by atoms with E-state index in [-0.39, 0.29) is 0 Å². The van der Waals surface area contributed by atoms with Crippen LogP contribution >= 0.6 is 0 Å². The van der Waals surface area contributed by atoms with Crippen molar-refractivity contribution in [1.82, 2.24) is 0 Å². The minimum atomic E-state index is 1.11. The SMILES string of the molecule is CCCCc1cccc(N(c2ccc(C)cc2)c2ccc(N(c3ccc(C)cc3)c3cccc(CCCC)c3)cc2)c1. The summed E-state index contributed by atoms with van der Waals surface area (Å²) in [6, 6.07) is 44.8. The van der Waals surface area contributed by atoms with Crippen molar-refractivity contribution in [3.63, 3.8) is 0 Å². The molecule has 0 aliphatic rings. The van der Waals surface area contributed by atoms with Gasteiger partial charge in [0.05, 0.1) is 0 Å².